The summed E-state index contributed by atoms with van der Waals surface area (Å²) in [5, 5.41) is 0. The Balaban J connectivity index is 2.38. The van der Waals surface area contributed by atoms with Gasteiger partial charge in [0, 0.05) is 50.4 Å². The molecule has 0 N–H and O–H groups in total. The molecular weight excluding hydrogens is 407 g/mol. The van der Waals surface area contributed by atoms with E-state index in [0.717, 1.165) is 24.3 Å². The molecule has 2 rings (SSSR count). The zero-order valence-electron chi connectivity index (χ0n) is 17.9. The third kappa shape index (κ3) is 6.45. The maximum Gasteiger partial charge on any atom is 0.308 e. The zero-order chi connectivity index (χ0) is 22.3. The van der Waals surface area contributed by atoms with Gasteiger partial charge in [0.1, 0.15) is 11.6 Å². The van der Waals surface area contributed by atoms with Crippen LogP contribution in [0.15, 0.2) is 42.5 Å². The van der Waals surface area contributed by atoms with Crippen molar-refractivity contribution < 1.29 is 21.8 Å². The first-order chi connectivity index (χ1) is 14.2. The molecule has 0 aliphatic carbocycles. The summed E-state index contributed by atoms with van der Waals surface area (Å²) in [7, 11) is -3.73. The van der Waals surface area contributed by atoms with Crippen LogP contribution >= 0.6 is 0 Å². The van der Waals surface area contributed by atoms with Gasteiger partial charge < -0.3 is 14.0 Å². The average molecular weight is 437 g/mol. The fourth-order valence-corrected chi connectivity index (χ4v) is 3.57. The predicted molar refractivity (Wildman–Crippen MR) is 116 cm³/mol. The lowest BCUT2D eigenvalue weighted by Crippen LogP contribution is -2.28. The van der Waals surface area contributed by atoms with Crippen molar-refractivity contribution in [3.8, 4) is 5.75 Å². The van der Waals surface area contributed by atoms with Crippen molar-refractivity contribution in [3.63, 3.8) is 0 Å². The number of halogens is 1. The minimum absolute atomic E-state index is 0.159. The van der Waals surface area contributed by atoms with E-state index in [2.05, 4.69) is 4.90 Å². The van der Waals surface area contributed by atoms with E-state index in [1.54, 1.807) is 29.2 Å². The van der Waals surface area contributed by atoms with Gasteiger partial charge in [-0.1, -0.05) is 18.2 Å². The predicted octanol–water partition coefficient (Wildman–Crippen LogP) is 3.95. The highest BCUT2D eigenvalue weighted by Crippen LogP contribution is 2.29. The monoisotopic (exact) mass is 436 g/mol. The minimum Gasteiger partial charge on any atom is -0.382 e. The van der Waals surface area contributed by atoms with Crippen molar-refractivity contribution in [2.75, 3.05) is 23.7 Å². The zero-order valence-corrected chi connectivity index (χ0v) is 18.7. The van der Waals surface area contributed by atoms with Gasteiger partial charge in [-0.2, -0.15) is 8.42 Å². The van der Waals surface area contributed by atoms with Gasteiger partial charge in [-0.3, -0.25) is 4.79 Å². The summed E-state index contributed by atoms with van der Waals surface area (Å²) >= 11 is 0. The topological polar surface area (TPSA) is 66.9 Å². The SMILES string of the molecule is CCN(CC)c1ccc(CN(Cc2ccc(F)cc2)C(C)=O)c(OS(=O)(=O)CC)c1. The average Bonchev–Trinajstić information content (AvgIpc) is 2.71. The van der Waals surface area contributed by atoms with Gasteiger partial charge in [0.05, 0.1) is 5.75 Å². The number of carbonyl (C=O) groups excluding carboxylic acids is 1. The van der Waals surface area contributed by atoms with Crippen LogP contribution in [0.1, 0.15) is 38.8 Å². The molecule has 2 aromatic rings. The largest absolute Gasteiger partial charge is 0.382 e. The van der Waals surface area contributed by atoms with E-state index in [1.165, 1.54) is 26.0 Å². The molecule has 30 heavy (non-hydrogen) atoms. The number of rotatable bonds is 10. The highest BCUT2D eigenvalue weighted by atomic mass is 32.2. The summed E-state index contributed by atoms with van der Waals surface area (Å²) in [5.41, 5.74) is 2.20. The van der Waals surface area contributed by atoms with Gasteiger partial charge in [0.15, 0.2) is 0 Å². The van der Waals surface area contributed by atoms with Crippen molar-refractivity contribution in [1.29, 1.82) is 0 Å². The second-order valence-corrected chi connectivity index (χ2v) is 8.75. The molecule has 164 valence electrons. The van der Waals surface area contributed by atoms with E-state index in [0.29, 0.717) is 5.56 Å². The van der Waals surface area contributed by atoms with E-state index in [-0.39, 0.29) is 36.3 Å². The maximum atomic E-state index is 13.2. The first-order valence-corrected chi connectivity index (χ1v) is 11.6. The van der Waals surface area contributed by atoms with E-state index < -0.39 is 10.1 Å². The van der Waals surface area contributed by atoms with Crippen molar-refractivity contribution in [3.05, 3.63) is 59.4 Å². The fourth-order valence-electron chi connectivity index (χ4n) is 3.03. The van der Waals surface area contributed by atoms with Gasteiger partial charge >= 0.3 is 10.1 Å². The third-order valence-electron chi connectivity index (χ3n) is 4.84. The molecule has 0 bridgehead atoms. The van der Waals surface area contributed by atoms with Crippen molar-refractivity contribution in [2.45, 2.75) is 40.8 Å². The van der Waals surface area contributed by atoms with Gasteiger partial charge in [0.2, 0.25) is 5.91 Å². The number of hydrogen-bond acceptors (Lipinski definition) is 5. The Bertz CT molecular complexity index is 958. The quantitative estimate of drug-likeness (QED) is 0.528. The molecule has 0 fully saturated rings. The second kappa shape index (κ2) is 10.4. The molecule has 0 heterocycles. The number of hydrogen-bond donors (Lipinski definition) is 0. The van der Waals surface area contributed by atoms with Crippen LogP contribution < -0.4 is 9.08 Å². The first-order valence-electron chi connectivity index (χ1n) is 9.99. The second-order valence-electron chi connectivity index (χ2n) is 6.90. The van der Waals surface area contributed by atoms with Crippen molar-refractivity contribution >= 4 is 21.7 Å². The van der Waals surface area contributed by atoms with Crippen LogP contribution in [0.4, 0.5) is 10.1 Å². The van der Waals surface area contributed by atoms with E-state index in [9.17, 15) is 17.6 Å². The number of amides is 1. The molecule has 0 atom stereocenters. The highest BCUT2D eigenvalue weighted by Gasteiger charge is 2.19. The van der Waals surface area contributed by atoms with E-state index in [1.807, 2.05) is 19.9 Å². The van der Waals surface area contributed by atoms with Gasteiger partial charge in [-0.05, 0) is 44.5 Å². The van der Waals surface area contributed by atoms with E-state index >= 15 is 0 Å². The standard InChI is InChI=1S/C22H29FN2O4S/c1-5-24(6-2)21-13-10-19(22(14-21)29-30(27,28)7-3)16-25(17(4)26)15-18-8-11-20(23)12-9-18/h8-14H,5-7,15-16H2,1-4H3. The molecule has 0 saturated heterocycles. The lowest BCUT2D eigenvalue weighted by atomic mass is 10.1. The summed E-state index contributed by atoms with van der Waals surface area (Å²) in [4.78, 5) is 15.9. The maximum absolute atomic E-state index is 13.2. The first kappa shape index (κ1) is 23.7. The molecule has 0 aliphatic heterocycles. The molecular formula is C22H29FN2O4S. The molecule has 1 amide bonds. The molecule has 6 nitrogen and oxygen atoms in total. The van der Waals surface area contributed by atoms with Crippen molar-refractivity contribution in [1.82, 2.24) is 4.90 Å². The Morgan fingerprint density at radius 3 is 2.17 bits per heavy atom. The van der Waals surface area contributed by atoms with Crippen LogP contribution in [-0.4, -0.2) is 38.1 Å². The van der Waals surface area contributed by atoms with Crippen LogP contribution in [0.3, 0.4) is 0 Å². The van der Waals surface area contributed by atoms with Crippen LogP contribution in [0.25, 0.3) is 0 Å². The van der Waals surface area contributed by atoms with Crippen LogP contribution in [-0.2, 0) is 28.0 Å². The molecule has 0 saturated carbocycles. The van der Waals surface area contributed by atoms with Gasteiger partial charge in [-0.25, -0.2) is 4.39 Å². The van der Waals surface area contributed by atoms with E-state index in [4.69, 9.17) is 4.18 Å². The highest BCUT2D eigenvalue weighted by molar-refractivity contribution is 7.87. The number of nitrogens with zero attached hydrogens (tertiary/aromatic N) is 2. The Morgan fingerprint density at radius 2 is 1.63 bits per heavy atom. The Kier molecular flexibility index (Phi) is 8.23. The van der Waals surface area contributed by atoms with Gasteiger partial charge in [0.25, 0.3) is 0 Å². The number of benzene rings is 2. The number of anilines is 1. The molecule has 0 radical (unpaired) electrons. The molecule has 2 aromatic carbocycles. The minimum atomic E-state index is -3.73. The molecule has 0 unspecified atom stereocenters. The summed E-state index contributed by atoms with van der Waals surface area (Å²) in [5.74, 6) is -0.475. The Morgan fingerprint density at radius 1 is 1.00 bits per heavy atom. The van der Waals surface area contributed by atoms with Gasteiger partial charge in [-0.15, -0.1) is 0 Å². The van der Waals surface area contributed by atoms with Crippen molar-refractivity contribution in [2.24, 2.45) is 0 Å². The summed E-state index contributed by atoms with van der Waals surface area (Å²) in [6, 6.07) is 11.3. The van der Waals surface area contributed by atoms with Crippen LogP contribution in [0, 0.1) is 5.82 Å². The third-order valence-corrected chi connectivity index (χ3v) is 5.98. The molecule has 0 spiro atoms. The molecule has 0 aliphatic rings. The smallest absolute Gasteiger partial charge is 0.308 e. The molecule has 8 heteroatoms. The molecule has 0 aromatic heterocycles. The lowest BCUT2D eigenvalue weighted by Gasteiger charge is -2.25. The van der Waals surface area contributed by atoms with Crippen LogP contribution in [0.5, 0.6) is 5.75 Å². The fraction of sp³-hybridized carbons (Fsp3) is 0.409. The lowest BCUT2D eigenvalue weighted by molar-refractivity contribution is -0.130. The summed E-state index contributed by atoms with van der Waals surface area (Å²) in [6.45, 7) is 8.95. The summed E-state index contributed by atoms with van der Waals surface area (Å²) in [6.07, 6.45) is 0. The number of carbonyl (C=O) groups is 1. The normalized spacial score (nSPS) is 11.2. The Labute approximate surface area is 178 Å². The summed E-state index contributed by atoms with van der Waals surface area (Å²) < 4.78 is 42.8. The Hall–Kier alpha value is -2.61. The van der Waals surface area contributed by atoms with Crippen LogP contribution in [0.2, 0.25) is 0 Å².